The molecule has 174 valence electrons. The van der Waals surface area contributed by atoms with E-state index >= 15 is 0 Å². The van der Waals surface area contributed by atoms with Crippen molar-refractivity contribution < 1.29 is 14.0 Å². The molecule has 4 aromatic rings. The smallest absolute Gasteiger partial charge is 0.252 e. The first-order valence-electron chi connectivity index (χ1n) is 10.4. The van der Waals surface area contributed by atoms with Crippen LogP contribution in [0.3, 0.4) is 0 Å². The van der Waals surface area contributed by atoms with E-state index in [-0.39, 0.29) is 23.4 Å². The first-order valence-corrected chi connectivity index (χ1v) is 11.4. The summed E-state index contributed by atoms with van der Waals surface area (Å²) < 4.78 is 17.1. The van der Waals surface area contributed by atoms with Crippen LogP contribution in [-0.2, 0) is 18.9 Å². The predicted octanol–water partition coefficient (Wildman–Crippen LogP) is 3.54. The number of rotatable bonds is 8. The summed E-state index contributed by atoms with van der Waals surface area (Å²) >= 11 is 1.34. The first kappa shape index (κ1) is 23.2. The van der Waals surface area contributed by atoms with Crippen LogP contribution in [0.1, 0.15) is 27.8 Å². The van der Waals surface area contributed by atoms with Crippen LogP contribution >= 0.6 is 11.8 Å². The second kappa shape index (κ2) is 10.3. The molecule has 0 radical (unpaired) electrons. The van der Waals surface area contributed by atoms with Crippen LogP contribution in [0.5, 0.6) is 0 Å². The first-order chi connectivity index (χ1) is 16.4. The number of hydrogen-bond acceptors (Lipinski definition) is 5. The van der Waals surface area contributed by atoms with Gasteiger partial charge in [0, 0.05) is 50.1 Å². The summed E-state index contributed by atoms with van der Waals surface area (Å²) in [4.78, 5) is 33.7. The van der Waals surface area contributed by atoms with Gasteiger partial charge in [0.05, 0.1) is 5.75 Å². The van der Waals surface area contributed by atoms with E-state index in [2.05, 4.69) is 20.6 Å². The highest BCUT2D eigenvalue weighted by Crippen LogP contribution is 2.22. The van der Waals surface area contributed by atoms with Crippen LogP contribution in [0.15, 0.2) is 78.5 Å². The number of hydrogen-bond donors (Lipinski definition) is 2. The Morgan fingerprint density at radius 2 is 1.65 bits per heavy atom. The maximum atomic E-state index is 13.4. The van der Waals surface area contributed by atoms with Crippen molar-refractivity contribution in [3.63, 3.8) is 0 Å². The Bertz CT molecular complexity index is 1280. The predicted molar refractivity (Wildman–Crippen MR) is 128 cm³/mol. The van der Waals surface area contributed by atoms with Gasteiger partial charge >= 0.3 is 0 Å². The minimum absolute atomic E-state index is 0.170. The third-order valence-electron chi connectivity index (χ3n) is 5.14. The van der Waals surface area contributed by atoms with Gasteiger partial charge in [-0.15, -0.1) is 0 Å². The van der Waals surface area contributed by atoms with Crippen LogP contribution < -0.4 is 10.6 Å². The number of benzene rings is 2. The van der Waals surface area contributed by atoms with E-state index in [1.807, 2.05) is 24.9 Å². The van der Waals surface area contributed by atoms with Gasteiger partial charge in [-0.2, -0.15) is 0 Å². The Morgan fingerprint density at radius 3 is 2.26 bits per heavy atom. The van der Waals surface area contributed by atoms with Crippen molar-refractivity contribution in [2.24, 2.45) is 14.1 Å². The Balaban J connectivity index is 1.41. The molecule has 2 aromatic heterocycles. The second-order valence-electron chi connectivity index (χ2n) is 7.59. The highest BCUT2D eigenvalue weighted by Gasteiger charge is 2.21. The number of imidazole rings is 2. The summed E-state index contributed by atoms with van der Waals surface area (Å²) in [7, 11) is 3.69. The number of nitrogens with zero attached hydrogens (tertiary/aromatic N) is 4. The number of aromatic nitrogens is 4. The molecule has 0 aliphatic rings. The van der Waals surface area contributed by atoms with Gasteiger partial charge in [-0.05, 0) is 42.0 Å². The number of carbonyl (C=O) groups excluding carboxylic acids is 2. The molecule has 10 heteroatoms. The lowest BCUT2D eigenvalue weighted by molar-refractivity contribution is -0.113. The Kier molecular flexibility index (Phi) is 7.07. The number of thioether (sulfide) groups is 1. The average Bonchev–Trinajstić information content (AvgIpc) is 3.44. The van der Waals surface area contributed by atoms with E-state index in [9.17, 15) is 14.0 Å². The van der Waals surface area contributed by atoms with Gasteiger partial charge in [0.2, 0.25) is 5.91 Å². The van der Waals surface area contributed by atoms with Gasteiger partial charge < -0.3 is 19.8 Å². The van der Waals surface area contributed by atoms with Gasteiger partial charge in [-0.3, -0.25) is 9.59 Å². The van der Waals surface area contributed by atoms with Gasteiger partial charge in [-0.25, -0.2) is 14.4 Å². The molecule has 2 amide bonds. The molecular formula is C24H23FN6O2S. The van der Waals surface area contributed by atoms with Crippen molar-refractivity contribution in [2.75, 3.05) is 11.1 Å². The van der Waals surface area contributed by atoms with E-state index in [0.717, 1.165) is 5.16 Å². The van der Waals surface area contributed by atoms with Crippen LogP contribution in [0, 0.1) is 5.82 Å². The number of nitrogens with one attached hydrogen (secondary N) is 2. The van der Waals surface area contributed by atoms with Crippen molar-refractivity contribution in [1.82, 2.24) is 24.4 Å². The van der Waals surface area contributed by atoms with Gasteiger partial charge in [0.15, 0.2) is 5.16 Å². The topological polar surface area (TPSA) is 93.8 Å². The number of aryl methyl sites for hydroxylation is 2. The molecule has 0 saturated carbocycles. The highest BCUT2D eigenvalue weighted by molar-refractivity contribution is 7.99. The molecule has 0 fully saturated rings. The minimum Gasteiger partial charge on any atom is -0.338 e. The lowest BCUT2D eigenvalue weighted by Gasteiger charge is -2.19. The molecule has 0 saturated heterocycles. The molecule has 1 unspecified atom stereocenters. The summed E-state index contributed by atoms with van der Waals surface area (Å²) in [6.07, 6.45) is 6.92. The van der Waals surface area contributed by atoms with Crippen LogP contribution in [0.25, 0.3) is 0 Å². The largest absolute Gasteiger partial charge is 0.338 e. The maximum Gasteiger partial charge on any atom is 0.252 e. The summed E-state index contributed by atoms with van der Waals surface area (Å²) in [5.41, 5.74) is 1.71. The standard InChI is InChI=1S/C24H23FN6O2S/c1-30-13-11-26-22(30)21(16-3-7-18(25)8-4-16)29-23(33)17-5-9-19(10-6-17)28-20(32)15-34-24-27-12-14-31(24)2/h3-14,21H,15H2,1-2H3,(H,28,32)(H,29,33). The molecule has 2 N–H and O–H groups in total. The summed E-state index contributed by atoms with van der Waals surface area (Å²) in [5.74, 6) is -0.00796. The second-order valence-corrected chi connectivity index (χ2v) is 8.53. The summed E-state index contributed by atoms with van der Waals surface area (Å²) in [5, 5.41) is 6.54. The quantitative estimate of drug-likeness (QED) is 0.378. The maximum absolute atomic E-state index is 13.4. The van der Waals surface area contributed by atoms with Crippen molar-refractivity contribution in [2.45, 2.75) is 11.2 Å². The SMILES string of the molecule is Cn1ccnc1SCC(=O)Nc1ccc(C(=O)NC(c2ccc(F)cc2)c2nccn2C)cc1. The number of amides is 2. The lowest BCUT2D eigenvalue weighted by Crippen LogP contribution is -2.31. The Hall–Kier alpha value is -3.92. The number of carbonyl (C=O) groups is 2. The molecule has 1 atom stereocenters. The number of halogens is 1. The zero-order valence-electron chi connectivity index (χ0n) is 18.6. The van der Waals surface area contributed by atoms with Crippen molar-refractivity contribution in [3.05, 3.63) is 96.1 Å². The molecule has 0 bridgehead atoms. The molecule has 0 aliphatic carbocycles. The fourth-order valence-corrected chi connectivity index (χ4v) is 4.08. The van der Waals surface area contributed by atoms with E-state index in [1.54, 1.807) is 59.6 Å². The minimum atomic E-state index is -0.560. The van der Waals surface area contributed by atoms with Crippen molar-refractivity contribution in [3.8, 4) is 0 Å². The molecule has 0 aliphatic heterocycles. The molecule has 8 nitrogen and oxygen atoms in total. The van der Waals surface area contributed by atoms with Crippen molar-refractivity contribution >= 4 is 29.3 Å². The average molecular weight is 479 g/mol. The fourth-order valence-electron chi connectivity index (χ4n) is 3.35. The normalized spacial score (nSPS) is 11.7. The molecule has 2 heterocycles. The van der Waals surface area contributed by atoms with Gasteiger partial charge in [-0.1, -0.05) is 23.9 Å². The monoisotopic (exact) mass is 478 g/mol. The van der Waals surface area contributed by atoms with E-state index in [1.165, 1.54) is 23.9 Å². The lowest BCUT2D eigenvalue weighted by atomic mass is 10.0. The van der Waals surface area contributed by atoms with Crippen LogP contribution in [-0.4, -0.2) is 36.7 Å². The summed E-state index contributed by atoms with van der Waals surface area (Å²) in [6.45, 7) is 0. The van der Waals surface area contributed by atoms with Crippen LogP contribution in [0.4, 0.5) is 10.1 Å². The van der Waals surface area contributed by atoms with Crippen LogP contribution in [0.2, 0.25) is 0 Å². The molecule has 34 heavy (non-hydrogen) atoms. The van der Waals surface area contributed by atoms with Gasteiger partial charge in [0.25, 0.3) is 5.91 Å². The van der Waals surface area contributed by atoms with Gasteiger partial charge in [0.1, 0.15) is 17.7 Å². The Morgan fingerprint density at radius 1 is 0.971 bits per heavy atom. The van der Waals surface area contributed by atoms with E-state index < -0.39 is 6.04 Å². The molecular weight excluding hydrogens is 455 g/mol. The third kappa shape index (κ3) is 5.52. The molecule has 0 spiro atoms. The fraction of sp³-hybridized carbons (Fsp3) is 0.167. The van der Waals surface area contributed by atoms with E-state index in [4.69, 9.17) is 0 Å². The third-order valence-corrected chi connectivity index (χ3v) is 6.19. The number of anilines is 1. The zero-order chi connectivity index (χ0) is 24.1. The van der Waals surface area contributed by atoms with Crippen molar-refractivity contribution in [1.29, 1.82) is 0 Å². The summed E-state index contributed by atoms with van der Waals surface area (Å²) in [6, 6.07) is 12.0. The molecule has 4 rings (SSSR count). The van der Waals surface area contributed by atoms with E-state index in [0.29, 0.717) is 22.6 Å². The Labute approximate surface area is 200 Å². The highest BCUT2D eigenvalue weighted by atomic mass is 32.2. The molecule has 2 aromatic carbocycles. The zero-order valence-corrected chi connectivity index (χ0v) is 19.4.